The van der Waals surface area contributed by atoms with Gasteiger partial charge < -0.3 is 4.90 Å². The van der Waals surface area contributed by atoms with Crippen LogP contribution in [0.15, 0.2) is 54.9 Å². The summed E-state index contributed by atoms with van der Waals surface area (Å²) in [5.74, 6) is -0.0385. The van der Waals surface area contributed by atoms with E-state index in [4.69, 9.17) is 11.6 Å². The number of carbonyl (C=O) groups excluding carboxylic acids is 1. The average molecular weight is 287 g/mol. The van der Waals surface area contributed by atoms with Crippen molar-refractivity contribution in [3.05, 3.63) is 71.1 Å². The van der Waals surface area contributed by atoms with E-state index < -0.39 is 0 Å². The normalized spacial score (nSPS) is 11.2. The molecule has 0 N–H and O–H groups in total. The van der Waals surface area contributed by atoms with Crippen LogP contribution in [0.1, 0.15) is 15.9 Å². The molecule has 0 unspecified atom stereocenters. The van der Waals surface area contributed by atoms with Crippen LogP contribution >= 0.6 is 11.6 Å². The van der Waals surface area contributed by atoms with Crippen molar-refractivity contribution in [2.75, 3.05) is 14.1 Å². The van der Waals surface area contributed by atoms with Crippen LogP contribution in [0.3, 0.4) is 0 Å². The van der Waals surface area contributed by atoms with Crippen LogP contribution in [0.2, 0.25) is 5.15 Å². The number of pyridine rings is 1. The summed E-state index contributed by atoms with van der Waals surface area (Å²) in [6, 6.07) is 12.7. The summed E-state index contributed by atoms with van der Waals surface area (Å²) in [5.41, 5.74) is 1.98. The van der Waals surface area contributed by atoms with Gasteiger partial charge in [0.2, 0.25) is 0 Å². The number of nitrogens with zero attached hydrogens (tertiary/aromatic N) is 2. The third kappa shape index (κ3) is 3.45. The summed E-state index contributed by atoms with van der Waals surface area (Å²) in [6.07, 6.45) is 3.40. The minimum Gasteiger partial charge on any atom is -0.383 e. The van der Waals surface area contributed by atoms with E-state index in [-0.39, 0.29) is 5.78 Å². The minimum absolute atomic E-state index is 0.0385. The Morgan fingerprint density at radius 1 is 1.10 bits per heavy atom. The van der Waals surface area contributed by atoms with Crippen molar-refractivity contribution in [1.82, 2.24) is 9.88 Å². The number of allylic oxidation sites excluding steroid dienone is 1. The molecule has 3 nitrogen and oxygen atoms in total. The number of benzene rings is 1. The van der Waals surface area contributed by atoms with E-state index in [9.17, 15) is 4.79 Å². The number of Topliss-reactive ketones (excluding diaryl/α,β-unsaturated/α-hetero) is 1. The molecule has 0 radical (unpaired) electrons. The van der Waals surface area contributed by atoms with Crippen LogP contribution in [-0.2, 0) is 0 Å². The lowest BCUT2D eigenvalue weighted by molar-refractivity contribution is 0.105. The quantitative estimate of drug-likeness (QED) is 0.490. The molecular formula is C16H15ClN2O. The van der Waals surface area contributed by atoms with Crippen LogP contribution in [0.5, 0.6) is 0 Å². The fraction of sp³-hybridized carbons (Fsp3) is 0.125. The topological polar surface area (TPSA) is 33.2 Å². The molecule has 1 heterocycles. The summed E-state index contributed by atoms with van der Waals surface area (Å²) < 4.78 is 0. The van der Waals surface area contributed by atoms with Gasteiger partial charge in [-0.15, -0.1) is 0 Å². The van der Waals surface area contributed by atoms with E-state index >= 15 is 0 Å². The second-order valence-corrected chi connectivity index (χ2v) is 4.96. The smallest absolute Gasteiger partial charge is 0.195 e. The fourth-order valence-electron chi connectivity index (χ4n) is 1.80. The SMILES string of the molecule is CN(C)/C=C(/C(=O)c1ccccc1)c1ccc(Cl)nc1. The molecule has 20 heavy (non-hydrogen) atoms. The van der Waals surface area contributed by atoms with Gasteiger partial charge in [0.1, 0.15) is 5.15 Å². The first-order chi connectivity index (χ1) is 9.58. The fourth-order valence-corrected chi connectivity index (χ4v) is 1.91. The number of halogens is 1. The molecule has 0 fully saturated rings. The van der Waals surface area contributed by atoms with Crippen molar-refractivity contribution in [3.8, 4) is 0 Å². The molecule has 0 aliphatic rings. The van der Waals surface area contributed by atoms with Gasteiger partial charge in [0.05, 0.1) is 0 Å². The molecule has 1 aromatic heterocycles. The highest BCUT2D eigenvalue weighted by Crippen LogP contribution is 2.20. The Hall–Kier alpha value is -2.13. The van der Waals surface area contributed by atoms with Gasteiger partial charge in [-0.2, -0.15) is 0 Å². The van der Waals surface area contributed by atoms with Gasteiger partial charge in [0, 0.05) is 43.2 Å². The molecule has 0 bridgehead atoms. The van der Waals surface area contributed by atoms with E-state index in [1.165, 1.54) is 0 Å². The van der Waals surface area contributed by atoms with E-state index in [0.717, 1.165) is 5.56 Å². The zero-order valence-corrected chi connectivity index (χ0v) is 12.1. The maximum atomic E-state index is 12.6. The number of ketones is 1. The number of aromatic nitrogens is 1. The Balaban J connectivity index is 2.44. The van der Waals surface area contributed by atoms with Gasteiger partial charge in [0.15, 0.2) is 5.78 Å². The van der Waals surface area contributed by atoms with Crippen LogP contribution in [0.25, 0.3) is 5.57 Å². The highest BCUT2D eigenvalue weighted by atomic mass is 35.5. The summed E-state index contributed by atoms with van der Waals surface area (Å²) in [5, 5.41) is 0.408. The van der Waals surface area contributed by atoms with Crippen molar-refractivity contribution >= 4 is 23.0 Å². The Kier molecular flexibility index (Phi) is 4.53. The summed E-state index contributed by atoms with van der Waals surface area (Å²) in [6.45, 7) is 0. The van der Waals surface area contributed by atoms with Gasteiger partial charge in [-0.05, 0) is 12.1 Å². The van der Waals surface area contributed by atoms with Crippen LogP contribution in [-0.4, -0.2) is 29.8 Å². The highest BCUT2D eigenvalue weighted by Gasteiger charge is 2.15. The molecule has 2 rings (SSSR count). The van der Waals surface area contributed by atoms with Gasteiger partial charge in [-0.25, -0.2) is 4.98 Å². The van der Waals surface area contributed by atoms with E-state index in [1.54, 1.807) is 36.7 Å². The Morgan fingerprint density at radius 2 is 1.80 bits per heavy atom. The first-order valence-corrected chi connectivity index (χ1v) is 6.55. The lowest BCUT2D eigenvalue weighted by Crippen LogP contribution is -2.09. The molecule has 2 aromatic rings. The molecule has 1 aromatic carbocycles. The maximum absolute atomic E-state index is 12.6. The zero-order chi connectivity index (χ0) is 14.5. The van der Waals surface area contributed by atoms with Crippen molar-refractivity contribution in [1.29, 1.82) is 0 Å². The first-order valence-electron chi connectivity index (χ1n) is 6.18. The number of rotatable bonds is 4. The first kappa shape index (κ1) is 14.3. The Bertz CT molecular complexity index is 619. The maximum Gasteiger partial charge on any atom is 0.195 e. The van der Waals surface area contributed by atoms with Crippen LogP contribution in [0.4, 0.5) is 0 Å². The predicted molar refractivity (Wildman–Crippen MR) is 81.7 cm³/mol. The predicted octanol–water partition coefficient (Wildman–Crippen LogP) is 3.52. The average Bonchev–Trinajstić information content (AvgIpc) is 2.46. The zero-order valence-electron chi connectivity index (χ0n) is 11.4. The van der Waals surface area contributed by atoms with Gasteiger partial charge in [-0.1, -0.05) is 41.9 Å². The largest absolute Gasteiger partial charge is 0.383 e. The monoisotopic (exact) mass is 286 g/mol. The molecular weight excluding hydrogens is 272 g/mol. The molecule has 0 aliphatic heterocycles. The van der Waals surface area contributed by atoms with Crippen LogP contribution in [0, 0.1) is 0 Å². The van der Waals surface area contributed by atoms with Gasteiger partial charge in [0.25, 0.3) is 0 Å². The van der Waals surface area contributed by atoms with Crippen molar-refractivity contribution in [2.24, 2.45) is 0 Å². The minimum atomic E-state index is -0.0385. The number of hydrogen-bond acceptors (Lipinski definition) is 3. The van der Waals surface area contributed by atoms with E-state index in [2.05, 4.69) is 4.98 Å². The highest BCUT2D eigenvalue weighted by molar-refractivity contribution is 6.30. The molecule has 0 amide bonds. The molecule has 0 spiro atoms. The van der Waals surface area contributed by atoms with E-state index in [0.29, 0.717) is 16.3 Å². The van der Waals surface area contributed by atoms with E-state index in [1.807, 2.05) is 37.2 Å². The lowest BCUT2D eigenvalue weighted by Gasteiger charge is -2.11. The molecule has 4 heteroatoms. The molecule has 102 valence electrons. The van der Waals surface area contributed by atoms with Crippen molar-refractivity contribution < 1.29 is 4.79 Å². The summed E-state index contributed by atoms with van der Waals surface area (Å²) in [4.78, 5) is 18.5. The molecule has 0 aliphatic carbocycles. The van der Waals surface area contributed by atoms with Gasteiger partial charge in [-0.3, -0.25) is 4.79 Å². The second kappa shape index (κ2) is 6.35. The van der Waals surface area contributed by atoms with Crippen LogP contribution < -0.4 is 0 Å². The Morgan fingerprint density at radius 3 is 2.35 bits per heavy atom. The standard InChI is InChI=1S/C16H15ClN2O/c1-19(2)11-14(13-8-9-15(17)18-10-13)16(20)12-6-4-3-5-7-12/h3-11H,1-2H3/b14-11+. The lowest BCUT2D eigenvalue weighted by atomic mass is 9.99. The summed E-state index contributed by atoms with van der Waals surface area (Å²) in [7, 11) is 3.75. The molecule has 0 saturated heterocycles. The third-order valence-corrected chi connectivity index (χ3v) is 2.93. The Labute approximate surface area is 123 Å². The summed E-state index contributed by atoms with van der Waals surface area (Å²) >= 11 is 5.79. The third-order valence-electron chi connectivity index (χ3n) is 2.71. The molecule has 0 atom stereocenters. The molecule has 0 saturated carbocycles. The number of hydrogen-bond donors (Lipinski definition) is 0. The van der Waals surface area contributed by atoms with Crippen molar-refractivity contribution in [2.45, 2.75) is 0 Å². The van der Waals surface area contributed by atoms with Gasteiger partial charge >= 0.3 is 0 Å². The number of carbonyl (C=O) groups is 1. The second-order valence-electron chi connectivity index (χ2n) is 4.57. The van der Waals surface area contributed by atoms with Crippen molar-refractivity contribution in [3.63, 3.8) is 0 Å².